The van der Waals surface area contributed by atoms with Crippen molar-refractivity contribution in [3.8, 4) is 5.75 Å². The molecule has 0 aromatic heterocycles. The minimum atomic E-state index is -2.24. The van der Waals surface area contributed by atoms with Crippen LogP contribution in [-0.2, 0) is 27.3 Å². The number of aryl methyl sites for hydroxylation is 3. The van der Waals surface area contributed by atoms with Crippen LogP contribution in [-0.4, -0.2) is 92.9 Å². The number of carbonyl (C=O) groups excluding carboxylic acids is 2. The molecule has 2 bridgehead atoms. The smallest absolute Gasteiger partial charge is 0.335 e. The van der Waals surface area contributed by atoms with Crippen LogP contribution >= 0.6 is 0 Å². The number of hydrogen-bond acceptors (Lipinski definition) is 7. The Kier molecular flexibility index (Phi) is 10.4. The number of carboxylic acid groups (broad SMARTS) is 1. The number of carbonyl (C=O) groups is 3. The van der Waals surface area contributed by atoms with Crippen LogP contribution < -0.4 is 10.1 Å². The molecule has 6 rings (SSSR count). The first kappa shape index (κ1) is 35.3. The quantitative estimate of drug-likeness (QED) is 0.226. The lowest BCUT2D eigenvalue weighted by Crippen LogP contribution is -2.64. The molecule has 3 aliphatic rings. The highest BCUT2D eigenvalue weighted by atomic mass is 16.5. The van der Waals surface area contributed by atoms with Crippen molar-refractivity contribution in [2.75, 3.05) is 19.7 Å². The predicted molar refractivity (Wildman–Crippen MR) is 190 cm³/mol. The first-order chi connectivity index (χ1) is 23.9. The molecule has 10 nitrogen and oxygen atoms in total. The summed E-state index contributed by atoms with van der Waals surface area (Å²) in [5.74, 6) is -1.74. The van der Waals surface area contributed by atoms with E-state index in [0.29, 0.717) is 25.1 Å². The second-order valence-corrected chi connectivity index (χ2v) is 14.1. The zero-order chi connectivity index (χ0) is 35.7. The molecule has 264 valence electrons. The molecule has 1 saturated heterocycles. The Morgan fingerprint density at radius 2 is 1.66 bits per heavy atom. The van der Waals surface area contributed by atoms with Crippen molar-refractivity contribution in [1.82, 2.24) is 15.1 Å². The van der Waals surface area contributed by atoms with Gasteiger partial charge in [0.25, 0.3) is 11.8 Å². The number of piperazine rings is 1. The van der Waals surface area contributed by atoms with Gasteiger partial charge in [0.1, 0.15) is 5.75 Å². The first-order valence-corrected chi connectivity index (χ1v) is 17.4. The lowest BCUT2D eigenvalue weighted by molar-refractivity contribution is -0.163. The van der Waals surface area contributed by atoms with E-state index in [1.165, 1.54) is 16.0 Å². The molecule has 2 heterocycles. The summed E-state index contributed by atoms with van der Waals surface area (Å²) in [5.41, 5.74) is 9.24. The zero-order valence-electron chi connectivity index (χ0n) is 29.2. The summed E-state index contributed by atoms with van der Waals surface area (Å²) in [6, 6.07) is 19.9. The zero-order valence-corrected chi connectivity index (χ0v) is 29.2. The number of amides is 2. The molecule has 10 heteroatoms. The van der Waals surface area contributed by atoms with Crippen LogP contribution in [0.25, 0.3) is 5.57 Å². The Bertz CT molecular complexity index is 1800. The van der Waals surface area contributed by atoms with Gasteiger partial charge in [-0.3, -0.25) is 9.59 Å². The first-order valence-electron chi connectivity index (χ1n) is 17.4. The normalized spacial score (nSPS) is 19.9. The van der Waals surface area contributed by atoms with E-state index < -0.39 is 30.1 Å². The topological polar surface area (TPSA) is 140 Å². The SMILES string of the molecule is Cc1cc(C)c(C)c(OCCc2ccc(C3=C(C(=O)N(Cc4ccccc4C)C4CC4)[C@H]4CN(C(=O)[C@H](O)C(O)C(=O)O)C[C@@H](C3)N4)cc2)c1. The molecule has 50 heavy (non-hydrogen) atoms. The van der Waals surface area contributed by atoms with E-state index in [4.69, 9.17) is 4.74 Å². The molecule has 3 aromatic rings. The monoisotopic (exact) mass is 681 g/mol. The molecule has 0 radical (unpaired) electrons. The summed E-state index contributed by atoms with van der Waals surface area (Å²) in [5, 5.41) is 33.0. The molecular formula is C40H47N3O7. The number of nitrogens with zero attached hydrogens (tertiary/aromatic N) is 2. The number of aliphatic hydroxyl groups excluding tert-OH is 2. The number of benzene rings is 3. The van der Waals surface area contributed by atoms with Crippen molar-refractivity contribution in [2.24, 2.45) is 0 Å². The van der Waals surface area contributed by atoms with E-state index in [2.05, 4.69) is 62.5 Å². The number of aliphatic carboxylic acids is 1. The lowest BCUT2D eigenvalue weighted by atomic mass is 9.82. The minimum absolute atomic E-state index is 0.0550. The van der Waals surface area contributed by atoms with Gasteiger partial charge in [-0.25, -0.2) is 4.79 Å². The van der Waals surface area contributed by atoms with E-state index in [-0.39, 0.29) is 31.1 Å². The van der Waals surface area contributed by atoms with Gasteiger partial charge in [-0.15, -0.1) is 0 Å². The van der Waals surface area contributed by atoms with Crippen LogP contribution in [0, 0.1) is 27.7 Å². The maximum absolute atomic E-state index is 14.7. The fraction of sp³-hybridized carbons (Fsp3) is 0.425. The fourth-order valence-corrected chi connectivity index (χ4v) is 7.19. The molecule has 1 aliphatic carbocycles. The van der Waals surface area contributed by atoms with E-state index in [1.807, 2.05) is 36.1 Å². The maximum Gasteiger partial charge on any atom is 0.335 e. The third kappa shape index (κ3) is 7.62. The number of rotatable bonds is 12. The summed E-state index contributed by atoms with van der Waals surface area (Å²) in [6.45, 7) is 9.52. The average Bonchev–Trinajstić information content (AvgIpc) is 3.94. The predicted octanol–water partition coefficient (Wildman–Crippen LogP) is 3.87. The van der Waals surface area contributed by atoms with Crippen LogP contribution in [0.2, 0.25) is 0 Å². The van der Waals surface area contributed by atoms with Gasteiger partial charge >= 0.3 is 5.97 Å². The number of carboxylic acids is 1. The Hall–Kier alpha value is -4.51. The maximum atomic E-state index is 14.7. The Morgan fingerprint density at radius 3 is 2.34 bits per heavy atom. The van der Waals surface area contributed by atoms with E-state index in [1.54, 1.807) is 0 Å². The standard InChI is InChI=1S/C40H47N3O7/c1-23-17-25(3)26(4)34(18-23)50-16-15-27-9-11-28(12-10-27)32-19-30-21-42(39(47)36(44)37(45)40(48)49)22-33(41-30)35(32)38(46)43(31-13-14-31)20-29-8-6-5-7-24(29)2/h5-12,17-18,30-31,33,36-37,41,44-45H,13-16,19-22H2,1-4H3,(H,48,49)/t30-,33-,36-,37?/m1/s1. The number of nitrogens with one attached hydrogen (secondary N) is 1. The van der Waals surface area contributed by atoms with Crippen molar-refractivity contribution < 1.29 is 34.4 Å². The largest absolute Gasteiger partial charge is 0.493 e. The Balaban J connectivity index is 1.28. The second kappa shape index (κ2) is 14.8. The van der Waals surface area contributed by atoms with Crippen molar-refractivity contribution in [3.63, 3.8) is 0 Å². The van der Waals surface area contributed by atoms with Gasteiger partial charge in [0, 0.05) is 43.7 Å². The highest BCUT2D eigenvalue weighted by Crippen LogP contribution is 2.38. The molecule has 0 spiro atoms. The Morgan fingerprint density at radius 1 is 0.940 bits per heavy atom. The van der Waals surface area contributed by atoms with Crippen molar-refractivity contribution >= 4 is 23.4 Å². The van der Waals surface area contributed by atoms with E-state index >= 15 is 0 Å². The number of hydrogen-bond donors (Lipinski definition) is 4. The van der Waals surface area contributed by atoms with E-state index in [9.17, 15) is 29.7 Å². The molecular weight excluding hydrogens is 634 g/mol. The van der Waals surface area contributed by atoms with Crippen LogP contribution in [0.4, 0.5) is 0 Å². The van der Waals surface area contributed by atoms with Crippen LogP contribution in [0.1, 0.15) is 58.2 Å². The Labute approximate surface area is 293 Å². The van der Waals surface area contributed by atoms with Gasteiger partial charge in [0.15, 0.2) is 12.2 Å². The molecule has 4 N–H and O–H groups in total. The highest BCUT2D eigenvalue weighted by Gasteiger charge is 2.45. The van der Waals surface area contributed by atoms with Crippen molar-refractivity contribution in [1.29, 1.82) is 0 Å². The number of ether oxygens (including phenoxy) is 1. The van der Waals surface area contributed by atoms with Crippen LogP contribution in [0.5, 0.6) is 5.75 Å². The van der Waals surface area contributed by atoms with Crippen molar-refractivity contribution in [3.05, 3.63) is 105 Å². The van der Waals surface area contributed by atoms with Gasteiger partial charge < -0.3 is 35.2 Å². The molecule has 3 aromatic carbocycles. The van der Waals surface area contributed by atoms with Gasteiger partial charge in [-0.1, -0.05) is 54.6 Å². The van der Waals surface area contributed by atoms with Gasteiger partial charge in [0.05, 0.1) is 12.6 Å². The molecule has 4 atom stereocenters. The summed E-state index contributed by atoms with van der Waals surface area (Å²) in [6.07, 6.45) is -1.33. The number of fused-ring (bicyclic) bond motifs is 2. The summed E-state index contributed by atoms with van der Waals surface area (Å²) in [4.78, 5) is 42.6. The van der Waals surface area contributed by atoms with Gasteiger partial charge in [-0.2, -0.15) is 0 Å². The van der Waals surface area contributed by atoms with E-state index in [0.717, 1.165) is 58.4 Å². The summed E-state index contributed by atoms with van der Waals surface area (Å²) >= 11 is 0. The molecule has 2 aliphatic heterocycles. The molecule has 2 fully saturated rings. The molecule has 2 amide bonds. The van der Waals surface area contributed by atoms with Crippen LogP contribution in [0.3, 0.4) is 0 Å². The molecule has 1 unspecified atom stereocenters. The van der Waals surface area contributed by atoms with Crippen LogP contribution in [0.15, 0.2) is 66.2 Å². The van der Waals surface area contributed by atoms with Crippen molar-refractivity contribution in [2.45, 2.75) is 90.3 Å². The second-order valence-electron chi connectivity index (χ2n) is 14.1. The summed E-state index contributed by atoms with van der Waals surface area (Å²) in [7, 11) is 0. The van der Waals surface area contributed by atoms with Gasteiger partial charge in [0.2, 0.25) is 0 Å². The van der Waals surface area contributed by atoms with Gasteiger partial charge in [-0.05, 0) is 97.5 Å². The number of aliphatic hydroxyl groups is 2. The fourth-order valence-electron chi connectivity index (χ4n) is 7.19. The molecule has 1 saturated carbocycles. The summed E-state index contributed by atoms with van der Waals surface area (Å²) < 4.78 is 6.17. The average molecular weight is 682 g/mol. The third-order valence-electron chi connectivity index (χ3n) is 10.3. The minimum Gasteiger partial charge on any atom is -0.493 e. The highest BCUT2D eigenvalue weighted by molar-refractivity contribution is 6.03. The third-order valence-corrected chi connectivity index (χ3v) is 10.3. The lowest BCUT2D eigenvalue weighted by Gasteiger charge is -2.45.